The average molecular weight is 374 g/mol. The van der Waals surface area contributed by atoms with Crippen LogP contribution in [0.15, 0.2) is 48.5 Å². The van der Waals surface area contributed by atoms with Gasteiger partial charge in [-0.15, -0.1) is 0 Å². The van der Waals surface area contributed by atoms with Crippen molar-refractivity contribution in [2.75, 3.05) is 4.43 Å². The SMILES string of the molecule is Fc1ccc(C([SiH3])(CI)c2ccc(F)cc2)cc1. The van der Waals surface area contributed by atoms with Crippen molar-refractivity contribution in [3.8, 4) is 0 Å². The first kappa shape index (κ1) is 13.7. The Labute approximate surface area is 122 Å². The third-order valence-corrected chi connectivity index (χ3v) is 7.70. The molecule has 0 aliphatic carbocycles. The van der Waals surface area contributed by atoms with Gasteiger partial charge in [0.25, 0.3) is 0 Å². The lowest BCUT2D eigenvalue weighted by Crippen LogP contribution is -2.30. The van der Waals surface area contributed by atoms with Crippen LogP contribution >= 0.6 is 22.6 Å². The van der Waals surface area contributed by atoms with Gasteiger partial charge < -0.3 is 0 Å². The third kappa shape index (κ3) is 2.64. The second-order valence-electron chi connectivity index (χ2n) is 4.48. The topological polar surface area (TPSA) is 0 Å². The molecule has 2 rings (SSSR count). The Kier molecular flexibility index (Phi) is 4.16. The number of halogens is 3. The molecule has 2 aromatic carbocycles. The molecule has 0 bridgehead atoms. The summed E-state index contributed by atoms with van der Waals surface area (Å²) in [6, 6.07) is 13.2. The predicted molar refractivity (Wildman–Crippen MR) is 82.4 cm³/mol. The van der Waals surface area contributed by atoms with Gasteiger partial charge in [-0.2, -0.15) is 0 Å². The van der Waals surface area contributed by atoms with Crippen molar-refractivity contribution in [2.45, 2.75) is 5.04 Å². The van der Waals surface area contributed by atoms with Crippen LogP contribution in [0.1, 0.15) is 11.1 Å². The second kappa shape index (κ2) is 5.48. The molecule has 18 heavy (non-hydrogen) atoms. The highest BCUT2D eigenvalue weighted by Crippen LogP contribution is 2.31. The van der Waals surface area contributed by atoms with Crippen molar-refractivity contribution in [3.05, 3.63) is 71.3 Å². The van der Waals surface area contributed by atoms with Crippen molar-refractivity contribution in [1.29, 1.82) is 0 Å². The van der Waals surface area contributed by atoms with E-state index in [-0.39, 0.29) is 16.7 Å². The van der Waals surface area contributed by atoms with E-state index in [0.717, 1.165) is 25.8 Å². The highest BCUT2D eigenvalue weighted by molar-refractivity contribution is 14.1. The number of alkyl halides is 1. The van der Waals surface area contributed by atoms with Gasteiger partial charge in [0.1, 0.15) is 11.6 Å². The van der Waals surface area contributed by atoms with Crippen LogP contribution in [0.2, 0.25) is 0 Å². The molecule has 4 heteroatoms. The predicted octanol–water partition coefficient (Wildman–Crippen LogP) is 3.01. The molecular formula is C14H13F2ISi. The lowest BCUT2D eigenvalue weighted by atomic mass is 9.92. The summed E-state index contributed by atoms with van der Waals surface area (Å²) in [4.78, 5) is 0. The molecule has 0 amide bonds. The maximum atomic E-state index is 13.0. The first-order valence-corrected chi connectivity index (χ1v) is 8.17. The van der Waals surface area contributed by atoms with E-state index >= 15 is 0 Å². The number of hydrogen-bond acceptors (Lipinski definition) is 0. The van der Waals surface area contributed by atoms with E-state index in [4.69, 9.17) is 0 Å². The normalized spacial score (nSPS) is 11.7. The molecule has 0 aliphatic rings. The van der Waals surface area contributed by atoms with Crippen LogP contribution in [0.5, 0.6) is 0 Å². The van der Waals surface area contributed by atoms with E-state index in [1.807, 2.05) is 24.3 Å². The van der Waals surface area contributed by atoms with Gasteiger partial charge in [0.15, 0.2) is 0 Å². The van der Waals surface area contributed by atoms with E-state index in [0.29, 0.717) is 0 Å². The lowest BCUT2D eigenvalue weighted by Gasteiger charge is -2.29. The zero-order valence-electron chi connectivity index (χ0n) is 9.96. The Morgan fingerprint density at radius 1 is 0.833 bits per heavy atom. The van der Waals surface area contributed by atoms with Gasteiger partial charge in [0, 0.05) is 19.7 Å². The highest BCUT2D eigenvalue weighted by Gasteiger charge is 2.27. The highest BCUT2D eigenvalue weighted by atomic mass is 127. The van der Waals surface area contributed by atoms with E-state index in [1.165, 1.54) is 24.3 Å². The minimum Gasteiger partial charge on any atom is -0.207 e. The van der Waals surface area contributed by atoms with Gasteiger partial charge >= 0.3 is 0 Å². The fraction of sp³-hybridized carbons (Fsp3) is 0.143. The molecule has 2 aromatic rings. The first-order valence-electron chi connectivity index (χ1n) is 5.64. The van der Waals surface area contributed by atoms with Crippen molar-refractivity contribution >= 4 is 32.8 Å². The third-order valence-electron chi connectivity index (χ3n) is 3.23. The second-order valence-corrected chi connectivity index (χ2v) is 6.95. The summed E-state index contributed by atoms with van der Waals surface area (Å²) in [5, 5.41) is -0.0953. The Bertz CT molecular complexity index is 477. The van der Waals surface area contributed by atoms with Crippen molar-refractivity contribution in [1.82, 2.24) is 0 Å². The van der Waals surface area contributed by atoms with Gasteiger partial charge in [-0.25, -0.2) is 8.78 Å². The first-order chi connectivity index (χ1) is 8.56. The van der Waals surface area contributed by atoms with Crippen LogP contribution in [0.4, 0.5) is 8.78 Å². The average Bonchev–Trinajstić information content (AvgIpc) is 2.39. The molecule has 0 aliphatic heterocycles. The van der Waals surface area contributed by atoms with E-state index in [2.05, 4.69) is 22.6 Å². The summed E-state index contributed by atoms with van der Waals surface area (Å²) in [5.41, 5.74) is 2.19. The summed E-state index contributed by atoms with van der Waals surface area (Å²) in [6.45, 7) is 0. The molecule has 94 valence electrons. The minimum atomic E-state index is -0.227. The largest absolute Gasteiger partial charge is 0.207 e. The maximum absolute atomic E-state index is 13.0. The summed E-state index contributed by atoms with van der Waals surface area (Å²) < 4.78 is 26.9. The monoisotopic (exact) mass is 374 g/mol. The van der Waals surface area contributed by atoms with E-state index in [9.17, 15) is 8.78 Å². The molecule has 0 heterocycles. The molecule has 0 unspecified atom stereocenters. The van der Waals surface area contributed by atoms with Crippen LogP contribution in [0, 0.1) is 11.6 Å². The molecule has 0 atom stereocenters. The molecular weight excluding hydrogens is 361 g/mol. The summed E-state index contributed by atoms with van der Waals surface area (Å²) in [7, 11) is 0.888. The van der Waals surface area contributed by atoms with E-state index < -0.39 is 0 Å². The molecule has 0 saturated heterocycles. The van der Waals surface area contributed by atoms with Crippen LogP contribution in [-0.2, 0) is 5.04 Å². The van der Waals surface area contributed by atoms with Crippen molar-refractivity contribution < 1.29 is 8.78 Å². The Morgan fingerprint density at radius 2 is 1.17 bits per heavy atom. The van der Waals surface area contributed by atoms with Crippen LogP contribution in [0.25, 0.3) is 0 Å². The van der Waals surface area contributed by atoms with Crippen LogP contribution in [0.3, 0.4) is 0 Å². The zero-order valence-corrected chi connectivity index (χ0v) is 14.1. The van der Waals surface area contributed by atoms with Crippen LogP contribution in [-0.4, -0.2) is 14.7 Å². The fourth-order valence-corrected chi connectivity index (χ4v) is 3.50. The van der Waals surface area contributed by atoms with Gasteiger partial charge in [0.05, 0.1) is 0 Å². The Balaban J connectivity index is 2.47. The lowest BCUT2D eigenvalue weighted by molar-refractivity contribution is 0.624. The molecule has 0 aromatic heterocycles. The molecule has 0 saturated carbocycles. The molecule has 0 N–H and O–H groups in total. The van der Waals surface area contributed by atoms with Crippen molar-refractivity contribution in [3.63, 3.8) is 0 Å². The Hall–Kier alpha value is -0.753. The molecule has 0 fully saturated rings. The summed E-state index contributed by atoms with van der Waals surface area (Å²) in [5.74, 6) is -0.453. The molecule has 0 radical (unpaired) electrons. The summed E-state index contributed by atoms with van der Waals surface area (Å²) in [6.07, 6.45) is 0. The van der Waals surface area contributed by atoms with Crippen LogP contribution < -0.4 is 0 Å². The standard InChI is InChI=1S/C14H13F2ISi/c15-12-5-1-10(2-6-12)14(18,9-17)11-3-7-13(16)8-4-11/h1-8H,9H2,18H3. The maximum Gasteiger partial charge on any atom is 0.123 e. The smallest absolute Gasteiger partial charge is 0.123 e. The number of rotatable bonds is 3. The van der Waals surface area contributed by atoms with Gasteiger partial charge in [-0.1, -0.05) is 46.9 Å². The molecule has 0 spiro atoms. The minimum absolute atomic E-state index is 0.0953. The number of benzene rings is 2. The van der Waals surface area contributed by atoms with Gasteiger partial charge in [-0.05, 0) is 35.4 Å². The fourth-order valence-electron chi connectivity index (χ4n) is 1.96. The van der Waals surface area contributed by atoms with Crippen molar-refractivity contribution in [2.24, 2.45) is 0 Å². The van der Waals surface area contributed by atoms with E-state index in [1.54, 1.807) is 0 Å². The zero-order chi connectivity index (χ0) is 13.2. The summed E-state index contributed by atoms with van der Waals surface area (Å²) >= 11 is 2.34. The van der Waals surface area contributed by atoms with Gasteiger partial charge in [0.2, 0.25) is 0 Å². The number of hydrogen-bond donors (Lipinski definition) is 0. The van der Waals surface area contributed by atoms with Gasteiger partial charge in [-0.3, -0.25) is 0 Å². The quantitative estimate of drug-likeness (QED) is 0.440. The Morgan fingerprint density at radius 3 is 1.44 bits per heavy atom. The molecule has 0 nitrogen and oxygen atoms in total.